The number of rotatable bonds is 7. The minimum absolute atomic E-state index is 0.0141. The van der Waals surface area contributed by atoms with Crippen molar-refractivity contribution in [2.24, 2.45) is 5.92 Å². The van der Waals surface area contributed by atoms with Gasteiger partial charge >= 0.3 is 6.03 Å². The fraction of sp³-hybridized carbons (Fsp3) is 0.762. The van der Waals surface area contributed by atoms with Crippen LogP contribution in [0, 0.1) is 12.8 Å². The first-order valence-electron chi connectivity index (χ1n) is 10.9. The molecule has 156 valence electrons. The molecule has 1 aromatic heterocycles. The molecule has 1 N–H and O–H groups in total. The molecule has 1 aromatic rings. The van der Waals surface area contributed by atoms with Gasteiger partial charge < -0.3 is 19.7 Å². The number of hydrogen-bond donors (Lipinski definition) is 1. The molecule has 0 unspecified atom stereocenters. The van der Waals surface area contributed by atoms with Crippen LogP contribution in [0.25, 0.3) is 0 Å². The smallest absolute Gasteiger partial charge is 0.317 e. The molecule has 0 atom stereocenters. The first kappa shape index (κ1) is 20.7. The van der Waals surface area contributed by atoms with E-state index in [1.807, 2.05) is 22.9 Å². The molecular formula is C21H35N5O2. The molecule has 2 fully saturated rings. The Labute approximate surface area is 168 Å². The molecule has 1 saturated carbocycles. The zero-order chi connectivity index (χ0) is 19.9. The fourth-order valence-electron chi connectivity index (χ4n) is 4.47. The Morgan fingerprint density at radius 3 is 2.54 bits per heavy atom. The fourth-order valence-corrected chi connectivity index (χ4v) is 4.47. The summed E-state index contributed by atoms with van der Waals surface area (Å²) < 4.78 is 2.08. The van der Waals surface area contributed by atoms with Crippen molar-refractivity contribution in [2.45, 2.75) is 71.4 Å². The Morgan fingerprint density at radius 2 is 1.93 bits per heavy atom. The highest BCUT2D eigenvalue weighted by atomic mass is 16.2. The van der Waals surface area contributed by atoms with Gasteiger partial charge in [-0.1, -0.05) is 19.8 Å². The Balaban J connectivity index is 1.57. The highest BCUT2D eigenvalue weighted by molar-refractivity contribution is 5.79. The number of imidazole rings is 1. The molecule has 3 amide bonds. The first-order valence-corrected chi connectivity index (χ1v) is 10.9. The molecule has 0 bridgehead atoms. The third-order valence-corrected chi connectivity index (χ3v) is 6.21. The summed E-state index contributed by atoms with van der Waals surface area (Å²) in [5, 5.41) is 3.03. The van der Waals surface area contributed by atoms with Crippen LogP contribution in [0.4, 0.5) is 4.79 Å². The molecule has 2 aliphatic rings. The van der Waals surface area contributed by atoms with Gasteiger partial charge in [-0.3, -0.25) is 4.79 Å². The summed E-state index contributed by atoms with van der Waals surface area (Å²) in [6.07, 6.45) is 10.9. The van der Waals surface area contributed by atoms with E-state index < -0.39 is 0 Å². The third-order valence-electron chi connectivity index (χ3n) is 6.21. The van der Waals surface area contributed by atoms with Crippen LogP contribution in [0.5, 0.6) is 0 Å². The van der Waals surface area contributed by atoms with Gasteiger partial charge in [-0.2, -0.15) is 0 Å². The summed E-state index contributed by atoms with van der Waals surface area (Å²) in [6, 6.07) is 0.202. The van der Waals surface area contributed by atoms with E-state index in [-0.39, 0.29) is 18.0 Å². The van der Waals surface area contributed by atoms with Crippen LogP contribution in [0.2, 0.25) is 0 Å². The quantitative estimate of drug-likeness (QED) is 0.779. The van der Waals surface area contributed by atoms with E-state index in [1.165, 1.54) is 12.8 Å². The molecule has 0 spiro atoms. The minimum atomic E-state index is 0.0141. The van der Waals surface area contributed by atoms with Crippen molar-refractivity contribution in [2.75, 3.05) is 26.2 Å². The zero-order valence-corrected chi connectivity index (χ0v) is 17.4. The number of aromatic nitrogens is 2. The predicted octanol–water partition coefficient (Wildman–Crippen LogP) is 2.79. The van der Waals surface area contributed by atoms with Crippen molar-refractivity contribution in [1.82, 2.24) is 24.7 Å². The van der Waals surface area contributed by atoms with Crippen molar-refractivity contribution in [3.05, 3.63) is 18.2 Å². The van der Waals surface area contributed by atoms with Crippen LogP contribution in [0.15, 0.2) is 12.4 Å². The van der Waals surface area contributed by atoms with Crippen LogP contribution >= 0.6 is 0 Å². The van der Waals surface area contributed by atoms with Crippen LogP contribution in [0.3, 0.4) is 0 Å². The molecule has 1 aliphatic heterocycles. The SMILES string of the molecule is CCCNC(=O)N(CCn1ccnc1C)C1CCN(C(=O)C2CCCC2)CC1. The van der Waals surface area contributed by atoms with Gasteiger partial charge in [0.25, 0.3) is 0 Å². The molecule has 1 saturated heterocycles. The first-order chi connectivity index (χ1) is 13.6. The predicted molar refractivity (Wildman–Crippen MR) is 109 cm³/mol. The molecule has 0 radical (unpaired) electrons. The Bertz CT molecular complexity index is 645. The summed E-state index contributed by atoms with van der Waals surface area (Å²) in [7, 11) is 0. The van der Waals surface area contributed by atoms with Crippen LogP contribution in [0.1, 0.15) is 57.7 Å². The lowest BCUT2D eigenvalue weighted by Crippen LogP contribution is -2.53. The molecular weight excluding hydrogens is 354 g/mol. The largest absolute Gasteiger partial charge is 0.342 e. The van der Waals surface area contributed by atoms with Crippen molar-refractivity contribution in [3.63, 3.8) is 0 Å². The monoisotopic (exact) mass is 389 g/mol. The average molecular weight is 390 g/mol. The van der Waals surface area contributed by atoms with E-state index in [1.54, 1.807) is 6.20 Å². The Kier molecular flexibility index (Phi) is 7.34. The molecule has 2 heterocycles. The second kappa shape index (κ2) is 9.94. The summed E-state index contributed by atoms with van der Waals surface area (Å²) >= 11 is 0. The molecule has 0 aromatic carbocycles. The van der Waals surface area contributed by atoms with Gasteiger partial charge in [-0.05, 0) is 39.0 Å². The van der Waals surface area contributed by atoms with Crippen LogP contribution in [-0.4, -0.2) is 63.5 Å². The summed E-state index contributed by atoms with van der Waals surface area (Å²) in [4.78, 5) is 33.8. The number of hydrogen-bond acceptors (Lipinski definition) is 3. The lowest BCUT2D eigenvalue weighted by molar-refractivity contribution is -0.136. The Hall–Kier alpha value is -2.05. The zero-order valence-electron chi connectivity index (χ0n) is 17.4. The highest BCUT2D eigenvalue weighted by Crippen LogP contribution is 2.28. The van der Waals surface area contributed by atoms with E-state index >= 15 is 0 Å². The van der Waals surface area contributed by atoms with Gasteiger partial charge in [0.2, 0.25) is 5.91 Å². The molecule has 7 heteroatoms. The molecule has 3 rings (SSSR count). The molecule has 7 nitrogen and oxygen atoms in total. The number of piperidine rings is 1. The van der Waals surface area contributed by atoms with Gasteiger partial charge in [0.05, 0.1) is 0 Å². The molecule has 28 heavy (non-hydrogen) atoms. The second-order valence-corrected chi connectivity index (χ2v) is 8.13. The third kappa shape index (κ3) is 5.06. The Morgan fingerprint density at radius 1 is 1.21 bits per heavy atom. The van der Waals surface area contributed by atoms with Crippen molar-refractivity contribution in [1.29, 1.82) is 0 Å². The van der Waals surface area contributed by atoms with E-state index in [9.17, 15) is 9.59 Å². The lowest BCUT2D eigenvalue weighted by Gasteiger charge is -2.39. The van der Waals surface area contributed by atoms with E-state index in [0.29, 0.717) is 19.0 Å². The van der Waals surface area contributed by atoms with Crippen LogP contribution in [-0.2, 0) is 11.3 Å². The number of nitrogens with one attached hydrogen (secondary N) is 1. The van der Waals surface area contributed by atoms with Crippen molar-refractivity contribution < 1.29 is 9.59 Å². The standard InChI is InChI=1S/C21H35N5O2/c1-3-10-23-21(28)26(16-15-24-14-11-22-17(24)2)19-8-12-25(13-9-19)20(27)18-6-4-5-7-18/h11,14,18-19H,3-10,12-13,15-16H2,1-2H3,(H,23,28). The lowest BCUT2D eigenvalue weighted by atomic mass is 10.00. The summed E-state index contributed by atoms with van der Waals surface area (Å²) in [5.74, 6) is 1.54. The number of carbonyl (C=O) groups is 2. The van der Waals surface area contributed by atoms with Gasteiger partial charge in [0, 0.05) is 57.1 Å². The van der Waals surface area contributed by atoms with E-state index in [2.05, 4.69) is 21.8 Å². The van der Waals surface area contributed by atoms with Crippen LogP contribution < -0.4 is 5.32 Å². The minimum Gasteiger partial charge on any atom is -0.342 e. The van der Waals surface area contributed by atoms with Gasteiger partial charge in [-0.25, -0.2) is 9.78 Å². The molecule has 1 aliphatic carbocycles. The van der Waals surface area contributed by atoms with Crippen molar-refractivity contribution >= 4 is 11.9 Å². The van der Waals surface area contributed by atoms with Gasteiger partial charge in [-0.15, -0.1) is 0 Å². The van der Waals surface area contributed by atoms with Gasteiger partial charge in [0.15, 0.2) is 0 Å². The van der Waals surface area contributed by atoms with E-state index in [0.717, 1.165) is 57.6 Å². The number of amides is 3. The number of urea groups is 1. The van der Waals surface area contributed by atoms with Crippen molar-refractivity contribution in [3.8, 4) is 0 Å². The maximum absolute atomic E-state index is 12.8. The summed E-state index contributed by atoms with van der Waals surface area (Å²) in [6.45, 7) is 7.67. The summed E-state index contributed by atoms with van der Waals surface area (Å²) in [5.41, 5.74) is 0. The number of carbonyl (C=O) groups excluding carboxylic acids is 2. The second-order valence-electron chi connectivity index (χ2n) is 8.13. The highest BCUT2D eigenvalue weighted by Gasteiger charge is 2.33. The van der Waals surface area contributed by atoms with E-state index in [4.69, 9.17) is 0 Å². The maximum atomic E-state index is 12.8. The maximum Gasteiger partial charge on any atom is 0.317 e. The number of nitrogens with zero attached hydrogens (tertiary/aromatic N) is 4. The topological polar surface area (TPSA) is 70.5 Å². The normalized spacial score (nSPS) is 18.4. The number of aryl methyl sites for hydroxylation is 1. The van der Waals surface area contributed by atoms with Gasteiger partial charge in [0.1, 0.15) is 5.82 Å². The average Bonchev–Trinajstić information content (AvgIpc) is 3.38. The number of likely N-dealkylation sites (tertiary alicyclic amines) is 1.